The van der Waals surface area contributed by atoms with Gasteiger partial charge in [0.1, 0.15) is 0 Å². The first-order valence-corrected chi connectivity index (χ1v) is 3.77. The third kappa shape index (κ3) is 2.28. The highest BCUT2D eigenvalue weighted by Gasteiger charge is 2.27. The molecule has 1 aromatic carbocycles. The van der Waals surface area contributed by atoms with Crippen LogP contribution in [0.25, 0.3) is 0 Å². The first kappa shape index (κ1) is 9.72. The van der Waals surface area contributed by atoms with E-state index in [0.717, 1.165) is 6.07 Å². The van der Waals surface area contributed by atoms with E-state index in [4.69, 9.17) is 0 Å². The second-order valence-electron chi connectivity index (χ2n) is 2.54. The van der Waals surface area contributed by atoms with Crippen molar-refractivity contribution >= 4 is 12.4 Å². The molecule has 0 radical (unpaired) electrons. The minimum Gasteiger partial charge on any atom is -0.445 e. The Labute approximate surface area is 74.8 Å². The van der Waals surface area contributed by atoms with Crippen LogP contribution in [0.15, 0.2) is 24.3 Å². The standard InChI is InChI=1S/C9H7BF3/c1-2-5-8-6-3-4-7-9(8)10(11,12)13/h3-4,6-7H,1H3/q-1. The Morgan fingerprint density at radius 1 is 1.15 bits per heavy atom. The topological polar surface area (TPSA) is 0 Å². The van der Waals surface area contributed by atoms with Crippen LogP contribution in [0, 0.1) is 11.8 Å². The van der Waals surface area contributed by atoms with Crippen LogP contribution in [0.2, 0.25) is 0 Å². The number of hydrogen-bond acceptors (Lipinski definition) is 0. The van der Waals surface area contributed by atoms with Gasteiger partial charge in [-0.25, -0.2) is 0 Å². The van der Waals surface area contributed by atoms with E-state index in [9.17, 15) is 12.9 Å². The Morgan fingerprint density at radius 3 is 2.31 bits per heavy atom. The fourth-order valence-corrected chi connectivity index (χ4v) is 1.03. The van der Waals surface area contributed by atoms with E-state index in [1.54, 1.807) is 6.07 Å². The van der Waals surface area contributed by atoms with E-state index >= 15 is 0 Å². The molecule has 0 aliphatic carbocycles. The van der Waals surface area contributed by atoms with Gasteiger partial charge in [-0.3, -0.25) is 0 Å². The lowest BCUT2D eigenvalue weighted by Gasteiger charge is -2.16. The van der Waals surface area contributed by atoms with Crippen LogP contribution in [0.4, 0.5) is 12.9 Å². The number of rotatable bonds is 1. The molecule has 0 spiro atoms. The van der Waals surface area contributed by atoms with Crippen LogP contribution in [-0.4, -0.2) is 6.98 Å². The molecule has 68 valence electrons. The van der Waals surface area contributed by atoms with E-state index in [-0.39, 0.29) is 5.56 Å². The Bertz CT molecular complexity index is 357. The molecule has 0 aliphatic rings. The predicted octanol–water partition coefficient (Wildman–Crippen LogP) is 2.11. The summed E-state index contributed by atoms with van der Waals surface area (Å²) in [5, 5.41) is 0. The van der Waals surface area contributed by atoms with Gasteiger partial charge in [0.2, 0.25) is 0 Å². The van der Waals surface area contributed by atoms with Crippen molar-refractivity contribution in [3.05, 3.63) is 29.8 Å². The molecule has 0 amide bonds. The zero-order valence-electron chi connectivity index (χ0n) is 7.02. The lowest BCUT2D eigenvalue weighted by molar-refractivity contribution is 0.501. The van der Waals surface area contributed by atoms with Crippen molar-refractivity contribution in [3.8, 4) is 11.8 Å². The second kappa shape index (κ2) is 3.57. The van der Waals surface area contributed by atoms with Gasteiger partial charge in [0.05, 0.1) is 0 Å². The molecule has 0 saturated carbocycles. The summed E-state index contributed by atoms with van der Waals surface area (Å²) in [5.41, 5.74) is -0.561. The Morgan fingerprint density at radius 2 is 1.77 bits per heavy atom. The highest BCUT2D eigenvalue weighted by molar-refractivity contribution is 6.74. The van der Waals surface area contributed by atoms with Gasteiger partial charge in [-0.05, 0) is 18.6 Å². The van der Waals surface area contributed by atoms with Gasteiger partial charge in [-0.2, -0.15) is 0 Å². The number of halogens is 3. The van der Waals surface area contributed by atoms with Gasteiger partial charge in [-0.15, -0.1) is 5.92 Å². The SMILES string of the molecule is CC#Cc1ccccc1[B-](F)(F)F. The van der Waals surface area contributed by atoms with Crippen LogP contribution in [0.3, 0.4) is 0 Å². The van der Waals surface area contributed by atoms with Crippen molar-refractivity contribution in [1.82, 2.24) is 0 Å². The fourth-order valence-electron chi connectivity index (χ4n) is 1.03. The number of hydrogen-bond donors (Lipinski definition) is 0. The second-order valence-corrected chi connectivity index (χ2v) is 2.54. The van der Waals surface area contributed by atoms with E-state index in [1.165, 1.54) is 19.1 Å². The van der Waals surface area contributed by atoms with E-state index < -0.39 is 12.4 Å². The molecule has 0 atom stereocenters. The van der Waals surface area contributed by atoms with Gasteiger partial charge in [0, 0.05) is 0 Å². The van der Waals surface area contributed by atoms with Crippen molar-refractivity contribution in [3.63, 3.8) is 0 Å². The summed E-state index contributed by atoms with van der Waals surface area (Å²) >= 11 is 0. The lowest BCUT2D eigenvalue weighted by atomic mass is 9.77. The molecular weight excluding hydrogens is 176 g/mol. The first-order valence-electron chi connectivity index (χ1n) is 3.77. The van der Waals surface area contributed by atoms with Crippen molar-refractivity contribution in [2.75, 3.05) is 0 Å². The van der Waals surface area contributed by atoms with Crippen LogP contribution in [-0.2, 0) is 0 Å². The quantitative estimate of drug-likeness (QED) is 0.462. The Kier molecular flexibility index (Phi) is 2.67. The summed E-state index contributed by atoms with van der Waals surface area (Å²) in [6.45, 7) is -3.43. The molecule has 1 aromatic rings. The van der Waals surface area contributed by atoms with Crippen molar-refractivity contribution in [2.45, 2.75) is 6.92 Å². The van der Waals surface area contributed by atoms with Crippen LogP contribution in [0.1, 0.15) is 12.5 Å². The van der Waals surface area contributed by atoms with E-state index in [1.807, 2.05) is 0 Å². The maximum atomic E-state index is 12.4. The third-order valence-corrected chi connectivity index (χ3v) is 1.57. The fraction of sp³-hybridized carbons (Fsp3) is 0.111. The molecule has 0 saturated heterocycles. The third-order valence-electron chi connectivity index (χ3n) is 1.57. The average Bonchev–Trinajstić information content (AvgIpc) is 2.04. The maximum absolute atomic E-state index is 12.4. The molecule has 0 fully saturated rings. The summed E-state index contributed by atoms with van der Waals surface area (Å²) in [7, 11) is 0. The largest absolute Gasteiger partial charge is 0.510 e. The zero-order valence-corrected chi connectivity index (χ0v) is 7.02. The van der Waals surface area contributed by atoms with Crippen LogP contribution in [0.5, 0.6) is 0 Å². The van der Waals surface area contributed by atoms with Gasteiger partial charge in [0.25, 0.3) is 0 Å². The molecule has 0 unspecified atom stereocenters. The Hall–Kier alpha value is -1.37. The van der Waals surface area contributed by atoms with Crippen LogP contribution >= 0.6 is 0 Å². The first-order chi connectivity index (χ1) is 6.05. The molecule has 0 aliphatic heterocycles. The lowest BCUT2D eigenvalue weighted by Crippen LogP contribution is -2.36. The summed E-state index contributed by atoms with van der Waals surface area (Å²) < 4.78 is 37.1. The molecule has 0 N–H and O–H groups in total. The maximum Gasteiger partial charge on any atom is 0.510 e. The number of benzene rings is 1. The summed E-state index contributed by atoms with van der Waals surface area (Å²) in [6, 6.07) is 5.34. The highest BCUT2D eigenvalue weighted by Crippen LogP contribution is 2.11. The van der Waals surface area contributed by atoms with E-state index in [0.29, 0.717) is 0 Å². The van der Waals surface area contributed by atoms with Gasteiger partial charge >= 0.3 is 6.98 Å². The average molecular weight is 183 g/mol. The van der Waals surface area contributed by atoms with Gasteiger partial charge in [0.15, 0.2) is 0 Å². The van der Waals surface area contributed by atoms with Crippen molar-refractivity contribution in [2.24, 2.45) is 0 Å². The Balaban J connectivity index is 3.25. The highest BCUT2D eigenvalue weighted by atomic mass is 19.4. The minimum absolute atomic E-state index is 0.0532. The van der Waals surface area contributed by atoms with Gasteiger partial charge in [-0.1, -0.05) is 29.6 Å². The summed E-state index contributed by atoms with van der Waals surface area (Å²) in [4.78, 5) is 0. The molecule has 13 heavy (non-hydrogen) atoms. The van der Waals surface area contributed by atoms with E-state index in [2.05, 4.69) is 11.8 Å². The predicted molar refractivity (Wildman–Crippen MR) is 47.7 cm³/mol. The summed E-state index contributed by atoms with van der Waals surface area (Å²) in [6.07, 6.45) is 0. The monoisotopic (exact) mass is 183 g/mol. The minimum atomic E-state index is -4.95. The van der Waals surface area contributed by atoms with Crippen molar-refractivity contribution < 1.29 is 12.9 Å². The molecule has 1 rings (SSSR count). The van der Waals surface area contributed by atoms with Crippen molar-refractivity contribution in [1.29, 1.82) is 0 Å². The molecule has 0 nitrogen and oxygen atoms in total. The van der Waals surface area contributed by atoms with Gasteiger partial charge < -0.3 is 12.9 Å². The molecule has 4 heteroatoms. The molecule has 0 aromatic heterocycles. The molecule has 0 bridgehead atoms. The normalized spacial score (nSPS) is 10.5. The smallest absolute Gasteiger partial charge is 0.445 e. The molecular formula is C9H7BF3-. The van der Waals surface area contributed by atoms with Crippen LogP contribution < -0.4 is 5.46 Å². The zero-order chi connectivity index (χ0) is 9.90. The molecule has 0 heterocycles. The summed E-state index contributed by atoms with van der Waals surface area (Å²) in [5.74, 6) is 4.88.